The number of nitrogens with zero attached hydrogens (tertiary/aromatic N) is 2. The fourth-order valence-corrected chi connectivity index (χ4v) is 2.87. The van der Waals surface area contributed by atoms with Gasteiger partial charge in [0.2, 0.25) is 15.8 Å². The lowest BCUT2D eigenvalue weighted by Crippen LogP contribution is -2.14. The third-order valence-electron chi connectivity index (χ3n) is 3.86. The molecule has 0 bridgehead atoms. The molecule has 0 saturated carbocycles. The molecule has 0 radical (unpaired) electrons. The number of ether oxygens (including phenoxy) is 1. The minimum absolute atomic E-state index is 0.101. The molecule has 0 amide bonds. The first-order valence-electron chi connectivity index (χ1n) is 7.94. The third kappa shape index (κ3) is 4.39. The predicted molar refractivity (Wildman–Crippen MR) is 96.1 cm³/mol. The molecule has 0 unspecified atom stereocenters. The summed E-state index contributed by atoms with van der Waals surface area (Å²) in [5.41, 5.74) is 2.51. The highest BCUT2D eigenvalue weighted by Crippen LogP contribution is 2.19. The van der Waals surface area contributed by atoms with Gasteiger partial charge in [-0.15, -0.1) is 0 Å². The van der Waals surface area contributed by atoms with Gasteiger partial charge >= 0.3 is 5.97 Å². The molecule has 1 aromatic heterocycles. The molecule has 0 aliphatic rings. The van der Waals surface area contributed by atoms with Gasteiger partial charge in [0.15, 0.2) is 6.61 Å². The molecule has 9 heteroatoms. The minimum Gasteiger partial charge on any atom is -0.454 e. The molecule has 0 aliphatic carbocycles. The van der Waals surface area contributed by atoms with Crippen molar-refractivity contribution < 1.29 is 22.5 Å². The molecule has 140 valence electrons. The summed E-state index contributed by atoms with van der Waals surface area (Å²) in [7, 11) is -3.92. The zero-order valence-corrected chi connectivity index (χ0v) is 15.5. The van der Waals surface area contributed by atoms with Crippen molar-refractivity contribution in [2.75, 3.05) is 0 Å². The number of carbonyl (C=O) groups is 1. The zero-order valence-electron chi connectivity index (χ0n) is 14.7. The van der Waals surface area contributed by atoms with E-state index >= 15 is 0 Å². The number of primary sulfonamides is 1. The summed E-state index contributed by atoms with van der Waals surface area (Å²) in [4.78, 5) is 16.3. The first-order chi connectivity index (χ1) is 12.7. The SMILES string of the molecule is Cc1ccc(-c2nc(COC(=O)c3cc(S(N)(=O)=O)ccc3C)no2)cc1. The number of nitrogens with two attached hydrogens (primary N) is 1. The van der Waals surface area contributed by atoms with E-state index in [0.717, 1.165) is 11.1 Å². The van der Waals surface area contributed by atoms with Crippen molar-refractivity contribution in [1.29, 1.82) is 0 Å². The minimum atomic E-state index is -3.92. The monoisotopic (exact) mass is 387 g/mol. The lowest BCUT2D eigenvalue weighted by Gasteiger charge is -2.07. The van der Waals surface area contributed by atoms with Gasteiger partial charge in [0, 0.05) is 5.56 Å². The Balaban J connectivity index is 1.72. The van der Waals surface area contributed by atoms with Gasteiger partial charge in [-0.25, -0.2) is 18.4 Å². The van der Waals surface area contributed by atoms with Crippen LogP contribution in [0.25, 0.3) is 11.5 Å². The highest BCUT2D eigenvalue weighted by Gasteiger charge is 2.17. The second-order valence-electron chi connectivity index (χ2n) is 5.98. The summed E-state index contributed by atoms with van der Waals surface area (Å²) in [5.74, 6) is -0.202. The molecule has 0 atom stereocenters. The highest BCUT2D eigenvalue weighted by atomic mass is 32.2. The van der Waals surface area contributed by atoms with Gasteiger partial charge in [0.05, 0.1) is 10.5 Å². The van der Waals surface area contributed by atoms with Crippen LogP contribution in [0.2, 0.25) is 0 Å². The van der Waals surface area contributed by atoms with Crippen LogP contribution in [0.5, 0.6) is 0 Å². The van der Waals surface area contributed by atoms with Gasteiger partial charge in [0.25, 0.3) is 5.89 Å². The first-order valence-corrected chi connectivity index (χ1v) is 9.49. The summed E-state index contributed by atoms with van der Waals surface area (Å²) < 4.78 is 33.2. The first kappa shape index (κ1) is 18.7. The highest BCUT2D eigenvalue weighted by molar-refractivity contribution is 7.89. The third-order valence-corrected chi connectivity index (χ3v) is 4.77. The molecule has 2 aromatic carbocycles. The summed E-state index contributed by atoms with van der Waals surface area (Å²) in [6, 6.07) is 11.5. The Bertz CT molecular complexity index is 1090. The van der Waals surface area contributed by atoms with Crippen LogP contribution in [-0.4, -0.2) is 24.5 Å². The Morgan fingerprint density at radius 2 is 1.85 bits per heavy atom. The average Bonchev–Trinajstić information content (AvgIpc) is 3.08. The van der Waals surface area contributed by atoms with Gasteiger partial charge in [-0.05, 0) is 43.7 Å². The molecular weight excluding hydrogens is 370 g/mol. The van der Waals surface area contributed by atoms with Gasteiger partial charge < -0.3 is 9.26 Å². The van der Waals surface area contributed by atoms with Crippen molar-refractivity contribution >= 4 is 16.0 Å². The van der Waals surface area contributed by atoms with E-state index in [0.29, 0.717) is 11.5 Å². The summed E-state index contributed by atoms with van der Waals surface area (Å²) in [5, 5.41) is 8.88. The average molecular weight is 387 g/mol. The number of rotatable bonds is 5. The Kier molecular flexibility index (Phi) is 5.06. The molecule has 2 N–H and O–H groups in total. The molecule has 3 aromatic rings. The topological polar surface area (TPSA) is 125 Å². The molecule has 0 spiro atoms. The Morgan fingerprint density at radius 1 is 1.15 bits per heavy atom. The van der Waals surface area contributed by atoms with E-state index in [4.69, 9.17) is 14.4 Å². The van der Waals surface area contributed by atoms with Crippen LogP contribution in [0.15, 0.2) is 51.9 Å². The van der Waals surface area contributed by atoms with E-state index in [1.807, 2.05) is 31.2 Å². The molecule has 8 nitrogen and oxygen atoms in total. The predicted octanol–water partition coefficient (Wildman–Crippen LogP) is 2.36. The van der Waals surface area contributed by atoms with Crippen molar-refractivity contribution in [2.24, 2.45) is 5.14 Å². The fraction of sp³-hybridized carbons (Fsp3) is 0.167. The van der Waals surface area contributed by atoms with Gasteiger partial charge in [-0.3, -0.25) is 0 Å². The lowest BCUT2D eigenvalue weighted by molar-refractivity contribution is 0.0458. The summed E-state index contributed by atoms with van der Waals surface area (Å²) >= 11 is 0. The Morgan fingerprint density at radius 3 is 2.52 bits per heavy atom. The maximum absolute atomic E-state index is 12.3. The molecule has 0 saturated heterocycles. The van der Waals surface area contributed by atoms with E-state index < -0.39 is 16.0 Å². The number of aryl methyl sites for hydroxylation is 2. The van der Waals surface area contributed by atoms with Gasteiger partial charge in [0.1, 0.15) is 0 Å². The van der Waals surface area contributed by atoms with Crippen molar-refractivity contribution in [2.45, 2.75) is 25.3 Å². The second kappa shape index (κ2) is 7.29. The van der Waals surface area contributed by atoms with Gasteiger partial charge in [-0.2, -0.15) is 4.98 Å². The molecule has 0 aliphatic heterocycles. The smallest absolute Gasteiger partial charge is 0.338 e. The van der Waals surface area contributed by atoms with E-state index in [9.17, 15) is 13.2 Å². The number of carbonyl (C=O) groups excluding carboxylic acids is 1. The van der Waals surface area contributed by atoms with E-state index in [2.05, 4.69) is 10.1 Å². The van der Waals surface area contributed by atoms with Crippen molar-refractivity contribution in [3.63, 3.8) is 0 Å². The molecular formula is C18H17N3O5S. The summed E-state index contributed by atoms with van der Waals surface area (Å²) in [6.07, 6.45) is 0. The summed E-state index contributed by atoms with van der Waals surface area (Å²) in [6.45, 7) is 3.41. The maximum Gasteiger partial charge on any atom is 0.338 e. The molecule has 3 rings (SSSR count). The number of sulfonamides is 1. The van der Waals surface area contributed by atoms with Crippen molar-refractivity contribution in [3.8, 4) is 11.5 Å². The molecule has 1 heterocycles. The molecule has 27 heavy (non-hydrogen) atoms. The Hall–Kier alpha value is -3.04. The maximum atomic E-state index is 12.3. The Labute approximate surface area is 156 Å². The molecule has 0 fully saturated rings. The zero-order chi connectivity index (χ0) is 19.6. The van der Waals surface area contributed by atoms with Gasteiger partial charge in [-0.1, -0.05) is 28.9 Å². The van der Waals surface area contributed by atoms with Crippen molar-refractivity contribution in [1.82, 2.24) is 10.1 Å². The number of esters is 1. The van der Waals surface area contributed by atoms with Crippen LogP contribution in [0.3, 0.4) is 0 Å². The van der Waals surface area contributed by atoms with Crippen LogP contribution >= 0.6 is 0 Å². The number of aromatic nitrogens is 2. The van der Waals surface area contributed by atoms with E-state index in [1.54, 1.807) is 6.92 Å². The second-order valence-corrected chi connectivity index (χ2v) is 7.54. The number of hydrogen-bond donors (Lipinski definition) is 1. The van der Waals surface area contributed by atoms with Crippen LogP contribution < -0.4 is 5.14 Å². The number of hydrogen-bond acceptors (Lipinski definition) is 7. The fourth-order valence-electron chi connectivity index (χ4n) is 2.33. The lowest BCUT2D eigenvalue weighted by atomic mass is 10.1. The number of benzene rings is 2. The van der Waals surface area contributed by atoms with Crippen LogP contribution in [0.4, 0.5) is 0 Å². The standard InChI is InChI=1S/C18H17N3O5S/c1-11-3-6-13(7-4-11)17-20-16(21-26-17)10-25-18(22)15-9-14(27(19,23)24)8-5-12(15)2/h3-9H,10H2,1-2H3,(H2,19,23,24). The van der Waals surface area contributed by atoms with Crippen molar-refractivity contribution in [3.05, 3.63) is 65.0 Å². The largest absolute Gasteiger partial charge is 0.454 e. The van der Waals surface area contributed by atoms with E-state index in [1.165, 1.54) is 18.2 Å². The normalized spacial score (nSPS) is 11.4. The van der Waals surface area contributed by atoms with Crippen LogP contribution in [0, 0.1) is 13.8 Å². The van der Waals surface area contributed by atoms with Crippen LogP contribution in [0.1, 0.15) is 27.3 Å². The van der Waals surface area contributed by atoms with Crippen LogP contribution in [-0.2, 0) is 21.4 Å². The van der Waals surface area contributed by atoms with E-state index in [-0.39, 0.29) is 22.9 Å². The quantitative estimate of drug-likeness (QED) is 0.666.